The number of amides is 2. The molecule has 0 aliphatic carbocycles. The van der Waals surface area contributed by atoms with Crippen molar-refractivity contribution >= 4 is 17.8 Å². The van der Waals surface area contributed by atoms with Crippen LogP contribution in [0.4, 0.5) is 0 Å². The largest absolute Gasteiger partial charge is 0.480 e. The Kier molecular flexibility index (Phi) is 12.6. The van der Waals surface area contributed by atoms with Gasteiger partial charge in [-0.05, 0) is 18.4 Å². The minimum Gasteiger partial charge on any atom is -0.480 e. The number of rotatable bonds is 14. The van der Waals surface area contributed by atoms with Gasteiger partial charge in [-0.2, -0.15) is 0 Å². The van der Waals surface area contributed by atoms with Crippen molar-refractivity contribution in [3.8, 4) is 0 Å². The summed E-state index contributed by atoms with van der Waals surface area (Å²) in [7, 11) is 0. The molecular weight excluding hydrogens is 346 g/mol. The fourth-order valence-electron chi connectivity index (χ4n) is 1.78. The Labute approximate surface area is 152 Å². The summed E-state index contributed by atoms with van der Waals surface area (Å²) in [4.78, 5) is 37.4. The van der Waals surface area contributed by atoms with Crippen molar-refractivity contribution in [1.29, 1.82) is 0 Å². The maximum Gasteiger partial charge on any atom is 0.325 e. The van der Waals surface area contributed by atoms with Crippen LogP contribution in [0.5, 0.6) is 0 Å². The summed E-state index contributed by atoms with van der Waals surface area (Å²) in [5, 5.41) is 17.1. The quantitative estimate of drug-likeness (QED) is 0.173. The van der Waals surface area contributed by atoms with Crippen molar-refractivity contribution in [2.24, 2.45) is 11.0 Å². The van der Waals surface area contributed by atoms with Gasteiger partial charge in [0, 0.05) is 17.9 Å². The molecule has 0 radical (unpaired) electrons. The van der Waals surface area contributed by atoms with Gasteiger partial charge in [-0.3, -0.25) is 14.4 Å². The van der Waals surface area contributed by atoms with E-state index >= 15 is 0 Å². The van der Waals surface area contributed by atoms with Gasteiger partial charge in [0.1, 0.15) is 12.1 Å². The topological polar surface area (TPSA) is 163 Å². The number of hydrogen-bond donors (Lipinski definition) is 3. The normalized spacial score (nSPS) is 12.8. The first kappa shape index (κ1) is 23.6. The van der Waals surface area contributed by atoms with Crippen LogP contribution < -0.4 is 10.6 Å². The molecule has 0 aliphatic rings. The first-order valence-corrected chi connectivity index (χ1v) is 8.28. The zero-order valence-electron chi connectivity index (χ0n) is 15.3. The summed E-state index contributed by atoms with van der Waals surface area (Å²) in [6.45, 7) is 6.15. The highest BCUT2D eigenvalue weighted by Gasteiger charge is 2.26. The van der Waals surface area contributed by atoms with Gasteiger partial charge in [0.05, 0.1) is 26.4 Å². The zero-order chi connectivity index (χ0) is 19.9. The summed E-state index contributed by atoms with van der Waals surface area (Å²) < 4.78 is 10.4. The highest BCUT2D eigenvalue weighted by Crippen LogP contribution is 2.03. The predicted molar refractivity (Wildman–Crippen MR) is 92.3 cm³/mol. The first-order chi connectivity index (χ1) is 12.3. The lowest BCUT2D eigenvalue weighted by Crippen LogP contribution is -2.53. The molecule has 148 valence electrons. The SMILES string of the molecule is CC(C)[C@H](NC(=O)CCOCCOCCN=[N+]=[N-])C(=O)N[C@@H](C)C(=O)O. The summed E-state index contributed by atoms with van der Waals surface area (Å²) in [6, 6.07) is -1.86. The first-order valence-electron chi connectivity index (χ1n) is 8.28. The van der Waals surface area contributed by atoms with Gasteiger partial charge in [-0.15, -0.1) is 0 Å². The molecule has 0 spiro atoms. The van der Waals surface area contributed by atoms with Crippen LogP contribution in [-0.4, -0.2) is 67.9 Å². The summed E-state index contributed by atoms with van der Waals surface area (Å²) >= 11 is 0. The molecule has 2 amide bonds. The molecular formula is C15H27N5O6. The lowest BCUT2D eigenvalue weighted by Gasteiger charge is -2.23. The molecule has 0 saturated carbocycles. The van der Waals surface area contributed by atoms with E-state index in [0.29, 0.717) is 13.2 Å². The molecule has 0 heterocycles. The third kappa shape index (κ3) is 11.2. The Morgan fingerprint density at radius 1 is 1.08 bits per heavy atom. The van der Waals surface area contributed by atoms with E-state index in [1.807, 2.05) is 0 Å². The van der Waals surface area contributed by atoms with Crippen LogP contribution in [-0.2, 0) is 23.9 Å². The van der Waals surface area contributed by atoms with Gasteiger partial charge in [0.25, 0.3) is 0 Å². The van der Waals surface area contributed by atoms with Crippen LogP contribution in [0.3, 0.4) is 0 Å². The van der Waals surface area contributed by atoms with Crippen LogP contribution in [0.25, 0.3) is 10.4 Å². The molecule has 11 nitrogen and oxygen atoms in total. The van der Waals surface area contributed by atoms with Gasteiger partial charge in [0.15, 0.2) is 0 Å². The van der Waals surface area contributed by atoms with E-state index in [-0.39, 0.29) is 38.0 Å². The van der Waals surface area contributed by atoms with Gasteiger partial charge in [0.2, 0.25) is 11.8 Å². The van der Waals surface area contributed by atoms with Crippen molar-refractivity contribution in [3.05, 3.63) is 10.4 Å². The zero-order valence-corrected chi connectivity index (χ0v) is 15.3. The molecule has 0 aromatic carbocycles. The molecule has 0 aromatic rings. The van der Waals surface area contributed by atoms with Gasteiger partial charge >= 0.3 is 5.97 Å². The predicted octanol–water partition coefficient (Wildman–Crippen LogP) is 0.450. The van der Waals surface area contributed by atoms with Crippen LogP contribution in [0.15, 0.2) is 5.11 Å². The highest BCUT2D eigenvalue weighted by atomic mass is 16.5. The number of aliphatic carboxylic acids is 1. The fraction of sp³-hybridized carbons (Fsp3) is 0.800. The number of carbonyl (C=O) groups is 3. The molecule has 26 heavy (non-hydrogen) atoms. The molecule has 3 N–H and O–H groups in total. The average Bonchev–Trinajstić information content (AvgIpc) is 2.57. The Bertz CT molecular complexity index is 507. The lowest BCUT2D eigenvalue weighted by molar-refractivity contribution is -0.142. The van der Waals surface area contributed by atoms with Crippen LogP contribution in [0.2, 0.25) is 0 Å². The van der Waals surface area contributed by atoms with Crippen LogP contribution in [0, 0.1) is 5.92 Å². The number of carbonyl (C=O) groups excluding carboxylic acids is 2. The van der Waals surface area contributed by atoms with Crippen molar-refractivity contribution in [2.75, 3.05) is 33.0 Å². The third-order valence-electron chi connectivity index (χ3n) is 3.24. The minimum atomic E-state index is -1.15. The number of carboxylic acid groups (broad SMARTS) is 1. The molecule has 0 aliphatic heterocycles. The molecule has 0 bridgehead atoms. The Hall–Kier alpha value is -2.36. The smallest absolute Gasteiger partial charge is 0.325 e. The van der Waals surface area contributed by atoms with E-state index in [2.05, 4.69) is 20.7 Å². The van der Waals surface area contributed by atoms with E-state index in [1.165, 1.54) is 6.92 Å². The van der Waals surface area contributed by atoms with Gasteiger partial charge in [-0.1, -0.05) is 19.0 Å². The summed E-state index contributed by atoms with van der Waals surface area (Å²) in [5.74, 6) is -2.27. The molecule has 0 aromatic heterocycles. The minimum absolute atomic E-state index is 0.0592. The second-order valence-electron chi connectivity index (χ2n) is 5.79. The fourth-order valence-corrected chi connectivity index (χ4v) is 1.78. The van der Waals surface area contributed by atoms with Crippen molar-refractivity contribution < 1.29 is 29.0 Å². The molecule has 2 atom stereocenters. The Morgan fingerprint density at radius 3 is 2.23 bits per heavy atom. The van der Waals surface area contributed by atoms with E-state index in [0.717, 1.165) is 0 Å². The number of hydrogen-bond acceptors (Lipinski definition) is 6. The van der Waals surface area contributed by atoms with E-state index in [1.54, 1.807) is 13.8 Å². The number of nitrogens with zero attached hydrogens (tertiary/aromatic N) is 3. The highest BCUT2D eigenvalue weighted by molar-refractivity contribution is 5.90. The molecule has 0 saturated heterocycles. The standard InChI is InChI=1S/C15H27N5O6/c1-10(2)13(14(22)18-11(3)15(23)24)19-12(21)4-6-25-8-9-26-7-5-17-20-16/h10-11,13H,4-9H2,1-3H3,(H,18,22)(H,19,21)(H,23,24)/t11-,13-/m0/s1. The summed E-state index contributed by atoms with van der Waals surface area (Å²) in [5.41, 5.74) is 8.08. The van der Waals surface area contributed by atoms with Crippen LogP contribution >= 0.6 is 0 Å². The Balaban J connectivity index is 4.06. The van der Waals surface area contributed by atoms with E-state index < -0.39 is 24.0 Å². The third-order valence-corrected chi connectivity index (χ3v) is 3.24. The average molecular weight is 373 g/mol. The maximum absolute atomic E-state index is 12.1. The van der Waals surface area contributed by atoms with Crippen molar-refractivity contribution in [3.63, 3.8) is 0 Å². The molecule has 0 rings (SSSR count). The maximum atomic E-state index is 12.1. The molecule has 0 unspecified atom stereocenters. The second kappa shape index (κ2) is 13.9. The van der Waals surface area contributed by atoms with Crippen molar-refractivity contribution in [2.45, 2.75) is 39.3 Å². The van der Waals surface area contributed by atoms with Crippen molar-refractivity contribution in [1.82, 2.24) is 10.6 Å². The Morgan fingerprint density at radius 2 is 1.69 bits per heavy atom. The number of carboxylic acids is 1. The lowest BCUT2D eigenvalue weighted by atomic mass is 10.0. The second-order valence-corrected chi connectivity index (χ2v) is 5.79. The molecule has 11 heteroatoms. The number of azide groups is 1. The summed E-state index contributed by atoms with van der Waals surface area (Å²) in [6.07, 6.45) is 0.0592. The van der Waals surface area contributed by atoms with E-state index in [9.17, 15) is 14.4 Å². The molecule has 0 fully saturated rings. The van der Waals surface area contributed by atoms with E-state index in [4.69, 9.17) is 20.1 Å². The number of nitrogens with one attached hydrogen (secondary N) is 2. The van der Waals surface area contributed by atoms with Gasteiger partial charge in [-0.25, -0.2) is 0 Å². The number of ether oxygens (including phenoxy) is 2. The van der Waals surface area contributed by atoms with Gasteiger partial charge < -0.3 is 25.2 Å². The van der Waals surface area contributed by atoms with Crippen LogP contribution in [0.1, 0.15) is 27.2 Å². The monoisotopic (exact) mass is 373 g/mol.